The maximum absolute atomic E-state index is 8.92. The fourth-order valence-electron chi connectivity index (χ4n) is 2.37. The molecule has 0 atom stereocenters. The van der Waals surface area contributed by atoms with E-state index < -0.39 is 0 Å². The van der Waals surface area contributed by atoms with Crippen molar-refractivity contribution in [3.63, 3.8) is 0 Å². The number of aromatic nitrogens is 1. The van der Waals surface area contributed by atoms with Crippen LogP contribution in [0.2, 0.25) is 0 Å². The molecule has 0 saturated carbocycles. The van der Waals surface area contributed by atoms with Crippen LogP contribution in [-0.4, -0.2) is 54.3 Å². The number of fused-ring (bicyclic) bond motifs is 1. The monoisotopic (exact) mass is 262 g/mol. The van der Waals surface area contributed by atoms with E-state index in [0.717, 1.165) is 43.8 Å². The highest BCUT2D eigenvalue weighted by molar-refractivity contribution is 5.78. The van der Waals surface area contributed by atoms with Crippen LogP contribution < -0.4 is 10.6 Å². The van der Waals surface area contributed by atoms with Crippen molar-refractivity contribution >= 4 is 22.8 Å². The van der Waals surface area contributed by atoms with E-state index in [9.17, 15) is 0 Å². The van der Waals surface area contributed by atoms with Gasteiger partial charge in [-0.3, -0.25) is 4.90 Å². The van der Waals surface area contributed by atoms with E-state index in [1.54, 1.807) is 0 Å². The molecule has 3 N–H and O–H groups in total. The van der Waals surface area contributed by atoms with Crippen molar-refractivity contribution in [2.24, 2.45) is 0 Å². The summed E-state index contributed by atoms with van der Waals surface area (Å²) in [6, 6.07) is 6.15. The summed E-state index contributed by atoms with van der Waals surface area (Å²) < 4.78 is 5.75. The average Bonchev–Trinajstić information content (AvgIpc) is 2.83. The summed E-state index contributed by atoms with van der Waals surface area (Å²) in [7, 11) is 0. The number of aliphatic hydroxyl groups excluding tert-OH is 1. The lowest BCUT2D eigenvalue weighted by molar-refractivity contribution is 0.187. The summed E-state index contributed by atoms with van der Waals surface area (Å²) in [6.07, 6.45) is 0. The van der Waals surface area contributed by atoms with Crippen LogP contribution >= 0.6 is 0 Å². The van der Waals surface area contributed by atoms with Gasteiger partial charge in [0.25, 0.3) is 6.01 Å². The van der Waals surface area contributed by atoms with E-state index >= 15 is 0 Å². The Kier molecular flexibility index (Phi) is 3.27. The van der Waals surface area contributed by atoms with Crippen LogP contribution in [0.4, 0.5) is 11.7 Å². The van der Waals surface area contributed by atoms with Gasteiger partial charge in [0.2, 0.25) is 0 Å². The molecule has 1 aliphatic rings. The Balaban J connectivity index is 1.74. The van der Waals surface area contributed by atoms with Crippen LogP contribution in [0.3, 0.4) is 0 Å². The first-order valence-electron chi connectivity index (χ1n) is 6.50. The number of β-amino-alcohol motifs (C(OH)–C–C–N with tert-alkyl or cyclic N) is 1. The van der Waals surface area contributed by atoms with Gasteiger partial charge in [-0.25, -0.2) is 0 Å². The molecule has 1 fully saturated rings. The summed E-state index contributed by atoms with van der Waals surface area (Å²) in [5.74, 6) is 0. The molecule has 2 heterocycles. The molecular weight excluding hydrogens is 244 g/mol. The van der Waals surface area contributed by atoms with Crippen molar-refractivity contribution in [2.75, 3.05) is 50.0 Å². The Labute approximate surface area is 111 Å². The second-order valence-corrected chi connectivity index (χ2v) is 4.78. The molecule has 2 aromatic rings. The zero-order valence-corrected chi connectivity index (χ0v) is 10.7. The largest absolute Gasteiger partial charge is 0.423 e. The maximum atomic E-state index is 8.92. The number of piperazine rings is 1. The fourth-order valence-corrected chi connectivity index (χ4v) is 2.37. The number of aliphatic hydroxyl groups is 1. The average molecular weight is 262 g/mol. The van der Waals surface area contributed by atoms with Crippen molar-refractivity contribution in [2.45, 2.75) is 0 Å². The predicted molar refractivity (Wildman–Crippen MR) is 74.2 cm³/mol. The number of rotatable bonds is 3. The number of oxazole rings is 1. The van der Waals surface area contributed by atoms with Crippen LogP contribution in [0.15, 0.2) is 22.6 Å². The standard InChI is InChI=1S/C13H18N4O2/c14-10-1-2-12-11(9-10)15-13(19-12)17-5-3-16(4-6-17)7-8-18/h1-2,9,18H,3-8,14H2. The molecule has 1 aromatic carbocycles. The number of benzene rings is 1. The van der Waals surface area contributed by atoms with E-state index in [2.05, 4.69) is 14.8 Å². The Bertz CT molecular complexity index is 561. The lowest BCUT2D eigenvalue weighted by Crippen LogP contribution is -2.47. The van der Waals surface area contributed by atoms with E-state index in [4.69, 9.17) is 15.3 Å². The van der Waals surface area contributed by atoms with E-state index in [1.807, 2.05) is 18.2 Å². The smallest absolute Gasteiger partial charge is 0.298 e. The third-order valence-electron chi connectivity index (χ3n) is 3.46. The summed E-state index contributed by atoms with van der Waals surface area (Å²) >= 11 is 0. The lowest BCUT2D eigenvalue weighted by Gasteiger charge is -2.33. The fraction of sp³-hybridized carbons (Fsp3) is 0.462. The van der Waals surface area contributed by atoms with Crippen molar-refractivity contribution in [3.05, 3.63) is 18.2 Å². The Morgan fingerprint density at radius 1 is 1.26 bits per heavy atom. The van der Waals surface area contributed by atoms with Gasteiger partial charge in [0.05, 0.1) is 6.61 Å². The molecule has 6 nitrogen and oxygen atoms in total. The molecule has 0 unspecified atom stereocenters. The van der Waals surface area contributed by atoms with Crippen molar-refractivity contribution < 1.29 is 9.52 Å². The number of nitrogen functional groups attached to an aromatic ring is 1. The van der Waals surface area contributed by atoms with Gasteiger partial charge in [-0.1, -0.05) is 0 Å². The number of hydrogen-bond acceptors (Lipinski definition) is 6. The van der Waals surface area contributed by atoms with Gasteiger partial charge in [0.15, 0.2) is 5.58 Å². The van der Waals surface area contributed by atoms with Gasteiger partial charge in [-0.2, -0.15) is 4.98 Å². The minimum atomic E-state index is 0.210. The Morgan fingerprint density at radius 2 is 2.05 bits per heavy atom. The maximum Gasteiger partial charge on any atom is 0.298 e. The topological polar surface area (TPSA) is 78.8 Å². The van der Waals surface area contributed by atoms with E-state index in [0.29, 0.717) is 11.7 Å². The zero-order chi connectivity index (χ0) is 13.2. The molecule has 0 bridgehead atoms. The summed E-state index contributed by atoms with van der Waals surface area (Å²) in [5.41, 5.74) is 8.00. The van der Waals surface area contributed by atoms with Crippen LogP contribution in [0.5, 0.6) is 0 Å². The molecule has 0 radical (unpaired) electrons. The number of nitrogens with two attached hydrogens (primary N) is 1. The van der Waals surface area contributed by atoms with Gasteiger partial charge in [-0.15, -0.1) is 0 Å². The molecule has 0 amide bonds. The number of hydrogen-bond donors (Lipinski definition) is 2. The van der Waals surface area contributed by atoms with Gasteiger partial charge < -0.3 is 20.2 Å². The SMILES string of the molecule is Nc1ccc2oc(N3CCN(CCO)CC3)nc2c1. The van der Waals surface area contributed by atoms with Gasteiger partial charge in [0, 0.05) is 38.4 Å². The highest BCUT2D eigenvalue weighted by atomic mass is 16.4. The second kappa shape index (κ2) is 5.07. The molecule has 102 valence electrons. The summed E-state index contributed by atoms with van der Waals surface area (Å²) in [4.78, 5) is 8.84. The molecule has 0 aliphatic carbocycles. The quantitative estimate of drug-likeness (QED) is 0.785. The number of nitrogens with zero attached hydrogens (tertiary/aromatic N) is 3. The first-order chi connectivity index (χ1) is 9.26. The molecule has 0 spiro atoms. The Hall–Kier alpha value is -1.79. The van der Waals surface area contributed by atoms with Crippen molar-refractivity contribution in [3.8, 4) is 0 Å². The third kappa shape index (κ3) is 2.50. The normalized spacial score (nSPS) is 17.2. The van der Waals surface area contributed by atoms with Crippen LogP contribution in [0, 0.1) is 0 Å². The minimum Gasteiger partial charge on any atom is -0.423 e. The molecule has 1 aromatic heterocycles. The molecule has 6 heteroatoms. The minimum absolute atomic E-state index is 0.210. The molecule has 1 saturated heterocycles. The van der Waals surface area contributed by atoms with Gasteiger partial charge in [0.1, 0.15) is 5.52 Å². The Morgan fingerprint density at radius 3 is 2.79 bits per heavy atom. The zero-order valence-electron chi connectivity index (χ0n) is 10.7. The highest BCUT2D eigenvalue weighted by Crippen LogP contribution is 2.24. The van der Waals surface area contributed by atoms with Crippen LogP contribution in [0.1, 0.15) is 0 Å². The molecule has 3 rings (SSSR count). The van der Waals surface area contributed by atoms with Gasteiger partial charge in [-0.05, 0) is 18.2 Å². The molecule has 1 aliphatic heterocycles. The molecular formula is C13H18N4O2. The highest BCUT2D eigenvalue weighted by Gasteiger charge is 2.20. The van der Waals surface area contributed by atoms with Gasteiger partial charge >= 0.3 is 0 Å². The van der Waals surface area contributed by atoms with Crippen LogP contribution in [-0.2, 0) is 0 Å². The summed E-state index contributed by atoms with van der Waals surface area (Å²) in [6.45, 7) is 4.51. The van der Waals surface area contributed by atoms with E-state index in [1.165, 1.54) is 0 Å². The van der Waals surface area contributed by atoms with Crippen molar-refractivity contribution in [1.82, 2.24) is 9.88 Å². The van der Waals surface area contributed by atoms with E-state index in [-0.39, 0.29) is 6.61 Å². The summed E-state index contributed by atoms with van der Waals surface area (Å²) in [5, 5.41) is 8.92. The van der Waals surface area contributed by atoms with Crippen molar-refractivity contribution in [1.29, 1.82) is 0 Å². The number of anilines is 2. The predicted octanol–water partition coefficient (Wildman–Crippen LogP) is 0.524. The first-order valence-corrected chi connectivity index (χ1v) is 6.50. The lowest BCUT2D eigenvalue weighted by atomic mass is 10.3. The van der Waals surface area contributed by atoms with Crippen LogP contribution in [0.25, 0.3) is 11.1 Å². The third-order valence-corrected chi connectivity index (χ3v) is 3.46. The first kappa shape index (κ1) is 12.3. The second-order valence-electron chi connectivity index (χ2n) is 4.78. The molecule has 19 heavy (non-hydrogen) atoms.